The summed E-state index contributed by atoms with van der Waals surface area (Å²) >= 11 is 0. The van der Waals surface area contributed by atoms with E-state index in [2.05, 4.69) is 16.9 Å². The first-order valence-corrected chi connectivity index (χ1v) is 6.40. The number of carboxylic acid groups (broad SMARTS) is 1. The molecule has 2 rings (SSSR count). The Morgan fingerprint density at radius 1 is 1.63 bits per heavy atom. The van der Waals surface area contributed by atoms with E-state index < -0.39 is 5.97 Å². The summed E-state index contributed by atoms with van der Waals surface area (Å²) in [5.74, 6) is -0.735. The fraction of sp³-hybridized carbons (Fsp3) is 0.538. The van der Waals surface area contributed by atoms with Crippen LogP contribution in [0.5, 0.6) is 5.88 Å². The summed E-state index contributed by atoms with van der Waals surface area (Å²) in [6, 6.07) is 1.74. The van der Waals surface area contributed by atoms with Crippen molar-refractivity contribution in [2.75, 3.05) is 25.9 Å². The number of nitrogen functional groups attached to an aromatic ring is 1. The number of rotatable bonds is 4. The molecule has 0 aromatic carbocycles. The minimum absolute atomic E-state index is 0.0691. The maximum Gasteiger partial charge on any atom is 0.337 e. The fourth-order valence-corrected chi connectivity index (χ4v) is 2.24. The molecule has 19 heavy (non-hydrogen) atoms. The van der Waals surface area contributed by atoms with Gasteiger partial charge in [0, 0.05) is 12.2 Å². The van der Waals surface area contributed by atoms with Crippen LogP contribution in [0.15, 0.2) is 12.3 Å². The molecule has 1 aromatic heterocycles. The Morgan fingerprint density at radius 2 is 2.42 bits per heavy atom. The highest BCUT2D eigenvalue weighted by Crippen LogP contribution is 2.21. The zero-order chi connectivity index (χ0) is 13.8. The molecule has 1 aliphatic rings. The number of anilines is 1. The number of likely N-dealkylation sites (tertiary alicyclic amines) is 1. The van der Waals surface area contributed by atoms with Gasteiger partial charge >= 0.3 is 5.97 Å². The molecule has 1 saturated heterocycles. The molecule has 0 bridgehead atoms. The summed E-state index contributed by atoms with van der Waals surface area (Å²) in [5, 5.41) is 8.83. The molecule has 0 spiro atoms. The monoisotopic (exact) mass is 265 g/mol. The van der Waals surface area contributed by atoms with Gasteiger partial charge in [0.2, 0.25) is 5.88 Å². The largest absolute Gasteiger partial charge is 0.478 e. The maximum atomic E-state index is 10.8. The fourth-order valence-electron chi connectivity index (χ4n) is 2.24. The lowest BCUT2D eigenvalue weighted by Crippen LogP contribution is -2.40. The minimum atomic E-state index is -1.04. The molecule has 1 atom stereocenters. The van der Waals surface area contributed by atoms with E-state index in [9.17, 15) is 4.79 Å². The standard InChI is InChI=1S/C13H19N3O3/c1-16-5-3-2-4-10(16)8-19-12-11(14)6-9(7-15-12)13(17)18/h6-7,10H,2-5,8,14H2,1H3,(H,17,18). The Bertz CT molecular complexity index is 464. The van der Waals surface area contributed by atoms with Crippen molar-refractivity contribution in [3.05, 3.63) is 17.8 Å². The predicted octanol–water partition coefficient (Wildman–Crippen LogP) is 1.23. The van der Waals surface area contributed by atoms with Gasteiger partial charge in [0.1, 0.15) is 6.61 Å². The number of hydrogen-bond acceptors (Lipinski definition) is 5. The smallest absolute Gasteiger partial charge is 0.337 e. The number of likely N-dealkylation sites (N-methyl/N-ethyl adjacent to an activating group) is 1. The van der Waals surface area contributed by atoms with E-state index in [-0.39, 0.29) is 11.3 Å². The SMILES string of the molecule is CN1CCCCC1COc1ncc(C(=O)O)cc1N. The van der Waals surface area contributed by atoms with E-state index in [0.717, 1.165) is 13.0 Å². The van der Waals surface area contributed by atoms with Crippen LogP contribution in [0.3, 0.4) is 0 Å². The second-order valence-electron chi connectivity index (χ2n) is 4.86. The van der Waals surface area contributed by atoms with E-state index in [1.165, 1.54) is 25.1 Å². The predicted molar refractivity (Wildman–Crippen MR) is 71.4 cm³/mol. The van der Waals surface area contributed by atoms with Crippen LogP contribution >= 0.6 is 0 Å². The Balaban J connectivity index is 1.97. The number of hydrogen-bond donors (Lipinski definition) is 2. The topological polar surface area (TPSA) is 88.7 Å². The quantitative estimate of drug-likeness (QED) is 0.851. The van der Waals surface area contributed by atoms with Crippen molar-refractivity contribution < 1.29 is 14.6 Å². The molecule has 6 nitrogen and oxygen atoms in total. The first-order chi connectivity index (χ1) is 9.08. The van der Waals surface area contributed by atoms with Gasteiger partial charge in [0.05, 0.1) is 11.3 Å². The molecule has 1 aliphatic heterocycles. The van der Waals surface area contributed by atoms with Crippen molar-refractivity contribution >= 4 is 11.7 Å². The molecule has 6 heteroatoms. The summed E-state index contributed by atoms with van der Waals surface area (Å²) in [6.45, 7) is 1.61. The highest BCUT2D eigenvalue weighted by Gasteiger charge is 2.20. The van der Waals surface area contributed by atoms with Gasteiger partial charge < -0.3 is 20.5 Å². The van der Waals surface area contributed by atoms with Crippen LogP contribution in [0.1, 0.15) is 29.6 Å². The third kappa shape index (κ3) is 3.35. The van der Waals surface area contributed by atoms with Gasteiger partial charge in [-0.3, -0.25) is 0 Å². The highest BCUT2D eigenvalue weighted by atomic mass is 16.5. The van der Waals surface area contributed by atoms with Crippen molar-refractivity contribution in [1.29, 1.82) is 0 Å². The first-order valence-electron chi connectivity index (χ1n) is 6.40. The van der Waals surface area contributed by atoms with Gasteiger partial charge in [0.25, 0.3) is 0 Å². The van der Waals surface area contributed by atoms with Gasteiger partial charge in [-0.05, 0) is 32.5 Å². The van der Waals surface area contributed by atoms with Crippen molar-refractivity contribution in [3.8, 4) is 5.88 Å². The second kappa shape index (κ2) is 5.88. The van der Waals surface area contributed by atoms with Gasteiger partial charge in [0.15, 0.2) is 0 Å². The molecule has 1 aromatic rings. The average Bonchev–Trinajstić information content (AvgIpc) is 2.39. The number of carbonyl (C=O) groups is 1. The van der Waals surface area contributed by atoms with Gasteiger partial charge in [-0.2, -0.15) is 0 Å². The third-order valence-electron chi connectivity index (χ3n) is 3.46. The Kier molecular flexibility index (Phi) is 4.21. The summed E-state index contributed by atoms with van der Waals surface area (Å²) < 4.78 is 5.61. The first kappa shape index (κ1) is 13.6. The second-order valence-corrected chi connectivity index (χ2v) is 4.86. The normalized spacial score (nSPS) is 20.2. The Morgan fingerprint density at radius 3 is 3.05 bits per heavy atom. The number of aromatic nitrogens is 1. The summed E-state index contributed by atoms with van der Waals surface area (Å²) in [7, 11) is 2.08. The van der Waals surface area contributed by atoms with Gasteiger partial charge in [-0.15, -0.1) is 0 Å². The van der Waals surface area contributed by atoms with Crippen molar-refractivity contribution in [3.63, 3.8) is 0 Å². The molecule has 0 saturated carbocycles. The van der Waals surface area contributed by atoms with Gasteiger partial charge in [-0.1, -0.05) is 6.42 Å². The summed E-state index contributed by atoms with van der Waals surface area (Å²) in [5.41, 5.74) is 6.08. The van der Waals surface area contributed by atoms with E-state index in [1.54, 1.807) is 0 Å². The van der Waals surface area contributed by atoms with Crippen LogP contribution < -0.4 is 10.5 Å². The third-order valence-corrected chi connectivity index (χ3v) is 3.46. The molecule has 104 valence electrons. The molecule has 1 fully saturated rings. The number of ether oxygens (including phenoxy) is 1. The molecule has 0 aliphatic carbocycles. The lowest BCUT2D eigenvalue weighted by atomic mass is 10.0. The van der Waals surface area contributed by atoms with Gasteiger partial charge in [-0.25, -0.2) is 9.78 Å². The van der Waals surface area contributed by atoms with E-state index in [4.69, 9.17) is 15.6 Å². The van der Waals surface area contributed by atoms with Crippen LogP contribution in [0.4, 0.5) is 5.69 Å². The molecule has 2 heterocycles. The van der Waals surface area contributed by atoms with Crippen LogP contribution in [0, 0.1) is 0 Å². The maximum absolute atomic E-state index is 10.8. The molecule has 1 unspecified atom stereocenters. The van der Waals surface area contributed by atoms with Crippen LogP contribution in [0.2, 0.25) is 0 Å². The Hall–Kier alpha value is -1.82. The molecule has 0 amide bonds. The summed E-state index contributed by atoms with van der Waals surface area (Å²) in [6.07, 6.45) is 4.79. The number of carboxylic acids is 1. The minimum Gasteiger partial charge on any atom is -0.478 e. The number of piperidine rings is 1. The molecular weight excluding hydrogens is 246 g/mol. The van der Waals surface area contributed by atoms with Crippen LogP contribution in [0.25, 0.3) is 0 Å². The van der Waals surface area contributed by atoms with Crippen molar-refractivity contribution in [1.82, 2.24) is 9.88 Å². The van der Waals surface area contributed by atoms with E-state index in [0.29, 0.717) is 18.5 Å². The van der Waals surface area contributed by atoms with E-state index in [1.807, 2.05) is 0 Å². The lowest BCUT2D eigenvalue weighted by Gasteiger charge is -2.32. The zero-order valence-electron chi connectivity index (χ0n) is 11.0. The lowest BCUT2D eigenvalue weighted by molar-refractivity contribution is 0.0696. The number of pyridine rings is 1. The van der Waals surface area contributed by atoms with Crippen molar-refractivity contribution in [2.24, 2.45) is 0 Å². The Labute approximate surface area is 112 Å². The highest BCUT2D eigenvalue weighted by molar-refractivity contribution is 5.88. The summed E-state index contributed by atoms with van der Waals surface area (Å²) in [4.78, 5) is 17.0. The van der Waals surface area contributed by atoms with Crippen molar-refractivity contribution in [2.45, 2.75) is 25.3 Å². The number of nitrogens with zero attached hydrogens (tertiary/aromatic N) is 2. The number of nitrogens with two attached hydrogens (primary N) is 1. The molecule has 0 radical (unpaired) electrons. The average molecular weight is 265 g/mol. The molecular formula is C13H19N3O3. The van der Waals surface area contributed by atoms with Crippen LogP contribution in [-0.4, -0.2) is 47.2 Å². The number of aromatic carboxylic acids is 1. The van der Waals surface area contributed by atoms with Crippen LogP contribution in [-0.2, 0) is 0 Å². The van der Waals surface area contributed by atoms with E-state index >= 15 is 0 Å². The molecule has 3 N–H and O–H groups in total. The zero-order valence-corrected chi connectivity index (χ0v) is 11.0.